The predicted octanol–water partition coefficient (Wildman–Crippen LogP) is 20.9. The normalized spacial score (nSPS) is 11.4. The monoisotopic (exact) mass is 968 g/mol. The second-order valence-electron chi connectivity index (χ2n) is 19.2. The summed E-state index contributed by atoms with van der Waals surface area (Å²) >= 11 is 0. The van der Waals surface area contributed by atoms with Crippen LogP contribution in [0.4, 0.5) is 34.1 Å². The van der Waals surface area contributed by atoms with Crippen LogP contribution in [-0.2, 0) is 0 Å². The van der Waals surface area contributed by atoms with Crippen molar-refractivity contribution >= 4 is 78.6 Å². The van der Waals surface area contributed by atoms with Gasteiger partial charge in [0.25, 0.3) is 0 Å². The Morgan fingerprint density at radius 1 is 0.197 bits per heavy atom. The van der Waals surface area contributed by atoms with Crippen LogP contribution in [-0.4, -0.2) is 0 Å². The summed E-state index contributed by atoms with van der Waals surface area (Å²) in [6.45, 7) is 0. The number of fused-ring (bicyclic) bond motifs is 3. The summed E-state index contributed by atoms with van der Waals surface area (Å²) in [6.07, 6.45) is 4.39. The van der Waals surface area contributed by atoms with Crippen molar-refractivity contribution in [3.8, 4) is 44.5 Å². The fraction of sp³-hybridized carbons (Fsp3) is 0. The molecule has 76 heavy (non-hydrogen) atoms. The lowest BCUT2D eigenvalue weighted by molar-refractivity contribution is 1.28. The maximum absolute atomic E-state index is 2.45. The molecule has 0 aliphatic carbocycles. The first-order valence-electron chi connectivity index (χ1n) is 26.1. The standard InChI is InChI=1S/C74H52N2/c1-6-21-53(22-7-1)39-40-54-23-18-24-57(51-54)65-35-19-38-68-66(36-20-37-67(65)68)58-45-50-71-72(52-58)74(56-43-48-64(49-44-56)76(61-29-12-4-13-30-61)62-31-14-5-15-32-62)70-34-17-16-33-69(70)73(71)55-41-46-63(47-42-55)75(59-25-8-2-9-26-59)60-27-10-3-11-28-60/h1-52H. The second-order valence-corrected chi connectivity index (χ2v) is 19.2. The summed E-state index contributed by atoms with van der Waals surface area (Å²) < 4.78 is 0. The van der Waals surface area contributed by atoms with Gasteiger partial charge in [-0.15, -0.1) is 0 Å². The highest BCUT2D eigenvalue weighted by atomic mass is 15.1. The smallest absolute Gasteiger partial charge is 0.0462 e. The predicted molar refractivity (Wildman–Crippen MR) is 325 cm³/mol. The number of para-hydroxylation sites is 4. The van der Waals surface area contributed by atoms with Crippen molar-refractivity contribution in [3.63, 3.8) is 0 Å². The quantitative estimate of drug-likeness (QED) is 0.0889. The van der Waals surface area contributed by atoms with E-state index in [1.165, 1.54) is 76.8 Å². The molecule has 13 aromatic carbocycles. The third-order valence-corrected chi connectivity index (χ3v) is 14.6. The lowest BCUT2D eigenvalue weighted by Crippen LogP contribution is -2.09. The molecule has 0 N–H and O–H groups in total. The molecule has 2 heteroatoms. The van der Waals surface area contributed by atoms with E-state index in [2.05, 4.69) is 325 Å². The van der Waals surface area contributed by atoms with E-state index in [-0.39, 0.29) is 0 Å². The zero-order chi connectivity index (χ0) is 50.6. The largest absolute Gasteiger partial charge is 0.311 e. The molecule has 2 nitrogen and oxygen atoms in total. The van der Waals surface area contributed by atoms with Gasteiger partial charge in [-0.3, -0.25) is 0 Å². The molecule has 0 spiro atoms. The topological polar surface area (TPSA) is 6.48 Å². The Morgan fingerprint density at radius 3 is 1.00 bits per heavy atom. The van der Waals surface area contributed by atoms with E-state index in [4.69, 9.17) is 0 Å². The first kappa shape index (κ1) is 45.8. The van der Waals surface area contributed by atoms with E-state index in [9.17, 15) is 0 Å². The minimum atomic E-state index is 1.09. The first-order chi connectivity index (χ1) is 37.7. The van der Waals surface area contributed by atoms with Crippen LogP contribution < -0.4 is 9.80 Å². The maximum atomic E-state index is 2.45. The molecule has 0 bridgehead atoms. The van der Waals surface area contributed by atoms with Crippen LogP contribution in [0, 0.1) is 0 Å². The molecule has 0 fully saturated rings. The van der Waals surface area contributed by atoms with Crippen molar-refractivity contribution in [2.75, 3.05) is 9.80 Å². The Bertz CT molecular complexity index is 4090. The summed E-state index contributed by atoms with van der Waals surface area (Å²) in [7, 11) is 0. The van der Waals surface area contributed by atoms with Crippen LogP contribution in [0.15, 0.2) is 303 Å². The van der Waals surface area contributed by atoms with Crippen molar-refractivity contribution in [3.05, 3.63) is 314 Å². The number of hydrogen-bond donors (Lipinski definition) is 0. The molecule has 0 saturated heterocycles. The Balaban J connectivity index is 0.981. The van der Waals surface area contributed by atoms with Gasteiger partial charge in [-0.1, -0.05) is 231 Å². The molecular formula is C74H52N2. The Labute approximate surface area is 445 Å². The molecule has 0 aliphatic heterocycles. The van der Waals surface area contributed by atoms with Gasteiger partial charge in [-0.2, -0.15) is 0 Å². The fourth-order valence-electron chi connectivity index (χ4n) is 11.1. The van der Waals surface area contributed by atoms with Gasteiger partial charge in [-0.25, -0.2) is 0 Å². The zero-order valence-electron chi connectivity index (χ0n) is 41.9. The molecule has 13 rings (SSSR count). The van der Waals surface area contributed by atoms with Crippen LogP contribution in [0.25, 0.3) is 89.0 Å². The highest BCUT2D eigenvalue weighted by Crippen LogP contribution is 2.47. The molecule has 358 valence electrons. The van der Waals surface area contributed by atoms with Gasteiger partial charge in [0.1, 0.15) is 0 Å². The van der Waals surface area contributed by atoms with Gasteiger partial charge >= 0.3 is 0 Å². The molecule has 0 unspecified atom stereocenters. The molecule has 0 radical (unpaired) electrons. The van der Waals surface area contributed by atoms with E-state index >= 15 is 0 Å². The molecule has 0 saturated carbocycles. The number of hydrogen-bond acceptors (Lipinski definition) is 2. The van der Waals surface area contributed by atoms with Crippen molar-refractivity contribution < 1.29 is 0 Å². The SMILES string of the molecule is C(=Cc1cccc(-c2cccc3c(-c4ccc5c(-c6ccc(N(c7ccccc7)c7ccccc7)cc6)c6ccccc6c(-c6ccc(N(c7ccccc7)c7ccccc7)cc6)c5c4)cccc23)c1)c1ccccc1. The van der Waals surface area contributed by atoms with Crippen LogP contribution in [0.1, 0.15) is 11.1 Å². The number of nitrogens with zero attached hydrogens (tertiary/aromatic N) is 2. The lowest BCUT2D eigenvalue weighted by Gasteiger charge is -2.26. The average molecular weight is 969 g/mol. The lowest BCUT2D eigenvalue weighted by atomic mass is 9.84. The Kier molecular flexibility index (Phi) is 12.3. The highest BCUT2D eigenvalue weighted by molar-refractivity contribution is 6.22. The Morgan fingerprint density at radius 2 is 0.526 bits per heavy atom. The van der Waals surface area contributed by atoms with Crippen molar-refractivity contribution in [1.29, 1.82) is 0 Å². The minimum absolute atomic E-state index is 1.09. The summed E-state index contributed by atoms with van der Waals surface area (Å²) in [6, 6.07) is 110. The number of anilines is 6. The zero-order valence-corrected chi connectivity index (χ0v) is 41.9. The number of rotatable bonds is 12. The molecule has 0 heterocycles. The van der Waals surface area contributed by atoms with E-state index < -0.39 is 0 Å². The minimum Gasteiger partial charge on any atom is -0.311 e. The summed E-state index contributed by atoms with van der Waals surface area (Å²) in [4.78, 5) is 4.65. The third-order valence-electron chi connectivity index (χ3n) is 14.6. The molecule has 0 amide bonds. The molecule has 0 aliphatic rings. The van der Waals surface area contributed by atoms with Gasteiger partial charge in [0, 0.05) is 34.1 Å². The number of benzene rings is 13. The van der Waals surface area contributed by atoms with Gasteiger partial charge in [0.15, 0.2) is 0 Å². The van der Waals surface area contributed by atoms with Crippen molar-refractivity contribution in [2.24, 2.45) is 0 Å². The average Bonchev–Trinajstić information content (AvgIpc) is 3.60. The summed E-state index contributed by atoms with van der Waals surface area (Å²) in [5.74, 6) is 0. The van der Waals surface area contributed by atoms with Gasteiger partial charge in [0.05, 0.1) is 0 Å². The van der Waals surface area contributed by atoms with E-state index in [0.29, 0.717) is 0 Å². The molecule has 13 aromatic rings. The second kappa shape index (κ2) is 20.5. The van der Waals surface area contributed by atoms with Crippen molar-refractivity contribution in [2.45, 2.75) is 0 Å². The van der Waals surface area contributed by atoms with Crippen LogP contribution in [0.2, 0.25) is 0 Å². The maximum Gasteiger partial charge on any atom is 0.0462 e. The van der Waals surface area contributed by atoms with Crippen molar-refractivity contribution in [1.82, 2.24) is 0 Å². The van der Waals surface area contributed by atoms with E-state index in [1.54, 1.807) is 0 Å². The highest BCUT2D eigenvalue weighted by Gasteiger charge is 2.21. The first-order valence-corrected chi connectivity index (χ1v) is 26.1. The van der Waals surface area contributed by atoms with Crippen LogP contribution >= 0.6 is 0 Å². The fourth-order valence-corrected chi connectivity index (χ4v) is 11.1. The third kappa shape index (κ3) is 8.89. The molecule has 0 atom stereocenters. The van der Waals surface area contributed by atoms with E-state index in [1.807, 2.05) is 0 Å². The van der Waals surface area contributed by atoms with Gasteiger partial charge in [-0.05, 0) is 173 Å². The summed E-state index contributed by atoms with van der Waals surface area (Å²) in [5, 5.41) is 7.26. The molecular weight excluding hydrogens is 917 g/mol. The van der Waals surface area contributed by atoms with Gasteiger partial charge < -0.3 is 9.80 Å². The molecule has 0 aromatic heterocycles. The summed E-state index contributed by atoms with van der Waals surface area (Å²) in [5.41, 5.74) is 18.5. The van der Waals surface area contributed by atoms with Crippen LogP contribution in [0.5, 0.6) is 0 Å². The Hall–Kier alpha value is -10.0. The van der Waals surface area contributed by atoms with Crippen LogP contribution in [0.3, 0.4) is 0 Å². The van der Waals surface area contributed by atoms with Gasteiger partial charge in [0.2, 0.25) is 0 Å². The van der Waals surface area contributed by atoms with E-state index in [0.717, 1.165) is 45.3 Å².